The van der Waals surface area contributed by atoms with Gasteiger partial charge in [0.25, 0.3) is 5.69 Å². The predicted molar refractivity (Wildman–Crippen MR) is 67.7 cm³/mol. The van der Waals surface area contributed by atoms with Crippen molar-refractivity contribution in [1.82, 2.24) is 4.98 Å². The smallest absolute Gasteiger partial charge is 0.287 e. The molecule has 18 heavy (non-hydrogen) atoms. The molecule has 1 aromatic heterocycles. The van der Waals surface area contributed by atoms with Crippen LogP contribution < -0.4 is 4.90 Å². The van der Waals surface area contributed by atoms with E-state index in [9.17, 15) is 15.2 Å². The zero-order valence-electron chi connectivity index (χ0n) is 10.6. The van der Waals surface area contributed by atoms with Crippen molar-refractivity contribution in [2.24, 2.45) is 0 Å². The largest absolute Gasteiger partial charge is 0.388 e. The molecule has 1 aromatic rings. The molecule has 0 spiro atoms. The molecule has 1 saturated heterocycles. The van der Waals surface area contributed by atoms with E-state index < -0.39 is 10.5 Å². The fourth-order valence-corrected chi connectivity index (χ4v) is 2.38. The Morgan fingerprint density at radius 1 is 1.61 bits per heavy atom. The molecule has 1 atom stereocenters. The third kappa shape index (κ3) is 2.59. The van der Waals surface area contributed by atoms with Crippen molar-refractivity contribution in [3.8, 4) is 0 Å². The Labute approximate surface area is 105 Å². The van der Waals surface area contributed by atoms with Crippen LogP contribution in [0, 0.1) is 17.0 Å². The van der Waals surface area contributed by atoms with E-state index in [1.165, 1.54) is 12.3 Å². The Kier molecular flexibility index (Phi) is 3.21. The number of aromatic nitrogens is 1. The normalized spacial score (nSPS) is 24.1. The summed E-state index contributed by atoms with van der Waals surface area (Å²) in [6.07, 6.45) is 2.94. The van der Waals surface area contributed by atoms with Crippen molar-refractivity contribution in [1.29, 1.82) is 0 Å². The summed E-state index contributed by atoms with van der Waals surface area (Å²) >= 11 is 0. The molecule has 98 valence electrons. The maximum absolute atomic E-state index is 10.7. The predicted octanol–water partition coefficient (Wildman–Crippen LogP) is 1.65. The first-order valence-corrected chi connectivity index (χ1v) is 5.97. The van der Waals surface area contributed by atoms with Gasteiger partial charge in [0.15, 0.2) is 0 Å². The Balaban J connectivity index is 2.26. The molecule has 0 aliphatic carbocycles. The second kappa shape index (κ2) is 4.53. The number of hydrogen-bond donors (Lipinski definition) is 1. The van der Waals surface area contributed by atoms with Crippen molar-refractivity contribution in [2.75, 3.05) is 18.0 Å². The second-order valence-electron chi connectivity index (χ2n) is 5.11. The molecule has 1 unspecified atom stereocenters. The molecule has 1 fully saturated rings. The number of aliphatic hydroxyl groups is 1. The van der Waals surface area contributed by atoms with Gasteiger partial charge < -0.3 is 10.0 Å². The fourth-order valence-electron chi connectivity index (χ4n) is 2.38. The van der Waals surface area contributed by atoms with E-state index in [2.05, 4.69) is 4.98 Å². The van der Waals surface area contributed by atoms with Crippen molar-refractivity contribution < 1.29 is 10.0 Å². The van der Waals surface area contributed by atoms with Crippen LogP contribution in [0.2, 0.25) is 0 Å². The first-order valence-electron chi connectivity index (χ1n) is 5.97. The first kappa shape index (κ1) is 12.8. The number of β-amino-alcohol motifs (C(OH)–C–C–N with tert-alkyl or cyclic N) is 1. The van der Waals surface area contributed by atoms with Gasteiger partial charge in [-0.25, -0.2) is 4.98 Å². The molecule has 1 aliphatic rings. The average molecular weight is 251 g/mol. The number of aryl methyl sites for hydroxylation is 1. The van der Waals surface area contributed by atoms with Crippen LogP contribution in [0.3, 0.4) is 0 Å². The van der Waals surface area contributed by atoms with Crippen molar-refractivity contribution in [2.45, 2.75) is 32.3 Å². The zero-order valence-corrected chi connectivity index (χ0v) is 10.6. The van der Waals surface area contributed by atoms with Crippen molar-refractivity contribution in [3.05, 3.63) is 27.9 Å². The van der Waals surface area contributed by atoms with E-state index in [1.807, 2.05) is 4.90 Å². The first-order chi connectivity index (χ1) is 8.39. The average Bonchev–Trinajstić information content (AvgIpc) is 2.27. The fraction of sp³-hybridized carbons (Fsp3) is 0.583. The lowest BCUT2D eigenvalue weighted by molar-refractivity contribution is -0.385. The third-order valence-corrected chi connectivity index (χ3v) is 3.22. The minimum Gasteiger partial charge on any atom is -0.388 e. The van der Waals surface area contributed by atoms with Gasteiger partial charge in [-0.15, -0.1) is 0 Å². The van der Waals surface area contributed by atoms with Gasteiger partial charge in [0.1, 0.15) is 12.0 Å². The molecule has 6 nitrogen and oxygen atoms in total. The third-order valence-electron chi connectivity index (χ3n) is 3.22. The summed E-state index contributed by atoms with van der Waals surface area (Å²) < 4.78 is 0. The second-order valence-corrected chi connectivity index (χ2v) is 5.11. The SMILES string of the molecule is Cc1cc([N+](=O)[O-])cnc1N1CCCC(C)(O)C1. The van der Waals surface area contributed by atoms with Crippen molar-refractivity contribution >= 4 is 11.5 Å². The van der Waals surface area contributed by atoms with Crippen LogP contribution in [-0.2, 0) is 0 Å². The molecule has 0 amide bonds. The van der Waals surface area contributed by atoms with Gasteiger partial charge in [0.05, 0.1) is 10.5 Å². The highest BCUT2D eigenvalue weighted by Crippen LogP contribution is 2.27. The van der Waals surface area contributed by atoms with E-state index in [-0.39, 0.29) is 5.69 Å². The number of hydrogen-bond acceptors (Lipinski definition) is 5. The van der Waals surface area contributed by atoms with Gasteiger partial charge >= 0.3 is 0 Å². The molecule has 0 bridgehead atoms. The Hall–Kier alpha value is -1.69. The molecular formula is C12H17N3O3. The quantitative estimate of drug-likeness (QED) is 0.638. The highest BCUT2D eigenvalue weighted by molar-refractivity contribution is 5.51. The molecule has 1 aliphatic heterocycles. The van der Waals surface area contributed by atoms with Gasteiger partial charge in [0.2, 0.25) is 0 Å². The Morgan fingerprint density at radius 3 is 2.89 bits per heavy atom. The molecule has 2 rings (SSSR count). The lowest BCUT2D eigenvalue weighted by atomic mass is 9.95. The summed E-state index contributed by atoms with van der Waals surface area (Å²) in [7, 11) is 0. The van der Waals surface area contributed by atoms with E-state index in [4.69, 9.17) is 0 Å². The monoisotopic (exact) mass is 251 g/mol. The summed E-state index contributed by atoms with van der Waals surface area (Å²) in [5.41, 5.74) is 0.0515. The van der Waals surface area contributed by atoms with Gasteiger partial charge in [-0.1, -0.05) is 0 Å². The minimum absolute atomic E-state index is 0.0000182. The van der Waals surface area contributed by atoms with Gasteiger partial charge in [-0.05, 0) is 32.3 Å². The van der Waals surface area contributed by atoms with Crippen LogP contribution in [0.1, 0.15) is 25.3 Å². The number of anilines is 1. The van der Waals surface area contributed by atoms with Crippen LogP contribution in [0.25, 0.3) is 0 Å². The zero-order chi connectivity index (χ0) is 13.3. The maximum atomic E-state index is 10.7. The summed E-state index contributed by atoms with van der Waals surface area (Å²) in [5, 5.41) is 20.7. The van der Waals surface area contributed by atoms with Gasteiger partial charge in [0, 0.05) is 19.2 Å². The van der Waals surface area contributed by atoms with Crippen LogP contribution in [0.5, 0.6) is 0 Å². The van der Waals surface area contributed by atoms with Crippen LogP contribution in [0.15, 0.2) is 12.3 Å². The van der Waals surface area contributed by atoms with Crippen LogP contribution in [0.4, 0.5) is 11.5 Å². The number of nitro groups is 1. The molecule has 0 saturated carbocycles. The Morgan fingerprint density at radius 2 is 2.33 bits per heavy atom. The van der Waals surface area contributed by atoms with Gasteiger partial charge in [-0.2, -0.15) is 0 Å². The number of pyridine rings is 1. The number of rotatable bonds is 2. The highest BCUT2D eigenvalue weighted by atomic mass is 16.6. The summed E-state index contributed by atoms with van der Waals surface area (Å²) in [5.74, 6) is 0.723. The molecule has 0 radical (unpaired) electrons. The van der Waals surface area contributed by atoms with Crippen molar-refractivity contribution in [3.63, 3.8) is 0 Å². The van der Waals surface area contributed by atoms with Crippen LogP contribution >= 0.6 is 0 Å². The number of nitrogens with zero attached hydrogens (tertiary/aromatic N) is 3. The topological polar surface area (TPSA) is 79.5 Å². The minimum atomic E-state index is -0.714. The molecule has 2 heterocycles. The summed E-state index contributed by atoms with van der Waals surface area (Å²) in [6.45, 7) is 4.94. The summed E-state index contributed by atoms with van der Waals surface area (Å²) in [6, 6.07) is 1.52. The van der Waals surface area contributed by atoms with Gasteiger partial charge in [-0.3, -0.25) is 10.1 Å². The summed E-state index contributed by atoms with van der Waals surface area (Å²) in [4.78, 5) is 16.4. The standard InChI is InChI=1S/C12H17N3O3/c1-9-6-10(15(17)18)7-13-11(9)14-5-3-4-12(2,16)8-14/h6-7,16H,3-5,8H2,1-2H3. The number of piperidine rings is 1. The van der Waals surface area contributed by atoms with E-state index in [0.29, 0.717) is 6.54 Å². The highest BCUT2D eigenvalue weighted by Gasteiger charge is 2.29. The van der Waals surface area contributed by atoms with E-state index >= 15 is 0 Å². The lowest BCUT2D eigenvalue weighted by Crippen LogP contribution is -2.46. The van der Waals surface area contributed by atoms with E-state index in [1.54, 1.807) is 13.8 Å². The molecule has 1 N–H and O–H groups in total. The van der Waals surface area contributed by atoms with Crippen LogP contribution in [-0.4, -0.2) is 33.7 Å². The Bertz CT molecular complexity index is 474. The van der Waals surface area contributed by atoms with E-state index in [0.717, 1.165) is 30.8 Å². The molecule has 0 aromatic carbocycles. The maximum Gasteiger partial charge on any atom is 0.287 e. The molecular weight excluding hydrogens is 234 g/mol. The molecule has 6 heteroatoms. The lowest BCUT2D eigenvalue weighted by Gasteiger charge is -2.38.